The van der Waals surface area contributed by atoms with Crippen LogP contribution in [0.4, 0.5) is 0 Å². The van der Waals surface area contributed by atoms with E-state index in [1.165, 1.54) is 11.3 Å². The Morgan fingerprint density at radius 1 is 1.19 bits per heavy atom. The Morgan fingerprint density at radius 3 is 2.89 bits per heavy atom. The summed E-state index contributed by atoms with van der Waals surface area (Å²) in [6.45, 7) is 0.386. The highest BCUT2D eigenvalue weighted by Crippen LogP contribution is 2.38. The molecular formula is C18H13ClN4O3S. The van der Waals surface area contributed by atoms with E-state index in [2.05, 4.69) is 15.3 Å². The predicted octanol–water partition coefficient (Wildman–Crippen LogP) is 4.03. The van der Waals surface area contributed by atoms with Crippen molar-refractivity contribution in [2.45, 2.75) is 6.10 Å². The Kier molecular flexibility index (Phi) is 3.87. The summed E-state index contributed by atoms with van der Waals surface area (Å²) in [7, 11) is 1.60. The minimum absolute atomic E-state index is 0.305. The van der Waals surface area contributed by atoms with Gasteiger partial charge in [0.05, 0.1) is 12.7 Å². The summed E-state index contributed by atoms with van der Waals surface area (Å²) in [5.41, 5.74) is 0.723. The molecule has 1 aliphatic rings. The second-order valence-corrected chi connectivity index (χ2v) is 7.29. The fourth-order valence-corrected chi connectivity index (χ4v) is 3.95. The van der Waals surface area contributed by atoms with Crippen LogP contribution in [-0.4, -0.2) is 33.5 Å². The molecule has 5 rings (SSSR count). The van der Waals surface area contributed by atoms with E-state index in [-0.39, 0.29) is 6.10 Å². The number of rotatable bonds is 3. The fraction of sp³-hybridized carbons (Fsp3) is 0.167. The van der Waals surface area contributed by atoms with Gasteiger partial charge in [-0.05, 0) is 30.3 Å². The van der Waals surface area contributed by atoms with E-state index in [1.54, 1.807) is 29.8 Å². The number of fused-ring (bicyclic) bond motifs is 2. The lowest BCUT2D eigenvalue weighted by Gasteiger charge is -2.24. The van der Waals surface area contributed by atoms with Crippen LogP contribution in [0, 0.1) is 0 Å². The number of benzene rings is 2. The largest absolute Gasteiger partial charge is 0.496 e. The molecule has 0 N–H and O–H groups in total. The molecule has 2 aromatic heterocycles. The minimum Gasteiger partial charge on any atom is -0.496 e. The predicted molar refractivity (Wildman–Crippen MR) is 101 cm³/mol. The molecule has 0 fully saturated rings. The first kappa shape index (κ1) is 16.3. The molecule has 3 heterocycles. The lowest BCUT2D eigenvalue weighted by atomic mass is 10.2. The zero-order chi connectivity index (χ0) is 18.4. The highest BCUT2D eigenvalue weighted by atomic mass is 35.5. The third-order valence-corrected chi connectivity index (χ3v) is 5.42. The smallest absolute Gasteiger partial charge is 0.235 e. The van der Waals surface area contributed by atoms with Crippen LogP contribution in [0.5, 0.6) is 17.2 Å². The summed E-state index contributed by atoms with van der Waals surface area (Å²) >= 11 is 7.56. The van der Waals surface area contributed by atoms with Crippen LogP contribution in [-0.2, 0) is 0 Å². The lowest BCUT2D eigenvalue weighted by Crippen LogP contribution is -2.21. The number of aromatic nitrogens is 4. The maximum Gasteiger partial charge on any atom is 0.235 e. The quantitative estimate of drug-likeness (QED) is 0.517. The zero-order valence-electron chi connectivity index (χ0n) is 14.1. The van der Waals surface area contributed by atoms with Crippen LogP contribution >= 0.6 is 22.9 Å². The molecule has 27 heavy (non-hydrogen) atoms. The molecular weight excluding hydrogens is 388 g/mol. The summed E-state index contributed by atoms with van der Waals surface area (Å²) in [6, 6.07) is 12.9. The van der Waals surface area contributed by atoms with Gasteiger partial charge in [0.2, 0.25) is 4.96 Å². The molecule has 0 bridgehead atoms. The van der Waals surface area contributed by atoms with Gasteiger partial charge in [-0.15, -0.1) is 10.2 Å². The van der Waals surface area contributed by atoms with Crippen molar-refractivity contribution in [2.24, 2.45) is 0 Å². The fourth-order valence-electron chi connectivity index (χ4n) is 2.93. The van der Waals surface area contributed by atoms with Crippen molar-refractivity contribution < 1.29 is 14.2 Å². The minimum atomic E-state index is -0.305. The topological polar surface area (TPSA) is 70.8 Å². The van der Waals surface area contributed by atoms with E-state index in [4.69, 9.17) is 25.8 Å². The second kappa shape index (κ2) is 6.40. The van der Waals surface area contributed by atoms with E-state index >= 15 is 0 Å². The molecule has 0 unspecified atom stereocenters. The van der Waals surface area contributed by atoms with E-state index in [9.17, 15) is 0 Å². The molecule has 2 aromatic carbocycles. The molecule has 1 aliphatic heterocycles. The second-order valence-electron chi connectivity index (χ2n) is 5.87. The molecule has 4 aromatic rings. The van der Waals surface area contributed by atoms with Gasteiger partial charge in [-0.25, -0.2) is 0 Å². The van der Waals surface area contributed by atoms with Gasteiger partial charge in [-0.2, -0.15) is 9.61 Å². The normalized spacial score (nSPS) is 15.9. The first-order valence-electron chi connectivity index (χ1n) is 8.17. The van der Waals surface area contributed by atoms with E-state index < -0.39 is 0 Å². The van der Waals surface area contributed by atoms with Gasteiger partial charge in [0.15, 0.2) is 28.4 Å². The number of hydrogen-bond acceptors (Lipinski definition) is 7. The SMILES string of the molecule is COc1ccc(Cl)cc1-c1nnc2sc([C@@H]3COc4ccccc4O3)nn12. The molecule has 1 atom stereocenters. The number of methoxy groups -OCH3 is 1. The van der Waals surface area contributed by atoms with E-state index in [0.717, 1.165) is 16.3 Å². The van der Waals surface area contributed by atoms with Crippen molar-refractivity contribution >= 4 is 27.9 Å². The molecule has 0 saturated heterocycles. The Hall–Kier alpha value is -2.84. The van der Waals surface area contributed by atoms with Crippen LogP contribution in [0.2, 0.25) is 5.02 Å². The maximum absolute atomic E-state index is 6.15. The van der Waals surface area contributed by atoms with Gasteiger partial charge in [0.25, 0.3) is 0 Å². The van der Waals surface area contributed by atoms with Gasteiger partial charge in [0.1, 0.15) is 12.4 Å². The first-order chi connectivity index (χ1) is 13.2. The van der Waals surface area contributed by atoms with Crippen LogP contribution < -0.4 is 14.2 Å². The summed E-state index contributed by atoms with van der Waals surface area (Å²) in [5, 5.41) is 14.5. The average molecular weight is 401 g/mol. The van der Waals surface area contributed by atoms with E-state index in [1.807, 2.05) is 24.3 Å². The number of ether oxygens (including phenoxy) is 3. The number of para-hydroxylation sites is 2. The monoisotopic (exact) mass is 400 g/mol. The summed E-state index contributed by atoms with van der Waals surface area (Å²) in [5.74, 6) is 2.65. The molecule has 0 amide bonds. The molecule has 9 heteroatoms. The van der Waals surface area contributed by atoms with Crippen molar-refractivity contribution in [3.63, 3.8) is 0 Å². The Bertz CT molecular complexity index is 1140. The van der Waals surface area contributed by atoms with E-state index in [0.29, 0.717) is 33.9 Å². The van der Waals surface area contributed by atoms with Crippen molar-refractivity contribution in [3.05, 3.63) is 52.5 Å². The van der Waals surface area contributed by atoms with Crippen LogP contribution in [0.1, 0.15) is 11.1 Å². The van der Waals surface area contributed by atoms with Crippen molar-refractivity contribution in [2.75, 3.05) is 13.7 Å². The molecule has 136 valence electrons. The first-order valence-corrected chi connectivity index (χ1v) is 9.37. The molecule has 0 radical (unpaired) electrons. The summed E-state index contributed by atoms with van der Waals surface area (Å²) in [4.78, 5) is 0.657. The van der Waals surface area contributed by atoms with Gasteiger partial charge in [0, 0.05) is 5.02 Å². The van der Waals surface area contributed by atoms with Crippen LogP contribution in [0.25, 0.3) is 16.3 Å². The van der Waals surface area contributed by atoms with Crippen molar-refractivity contribution in [3.8, 4) is 28.6 Å². The maximum atomic E-state index is 6.15. The molecule has 0 saturated carbocycles. The van der Waals surface area contributed by atoms with Gasteiger partial charge in [-0.1, -0.05) is 35.1 Å². The number of nitrogens with zero attached hydrogens (tertiary/aromatic N) is 4. The third kappa shape index (κ3) is 2.77. The number of halogens is 1. The molecule has 0 spiro atoms. The standard InChI is InChI=1S/C18H13ClN4O3S/c1-24-12-7-6-10(19)8-11(12)16-20-21-18-23(16)22-17(27-18)15-9-25-13-4-2-3-5-14(13)26-15/h2-8,15H,9H2,1H3/t15-/m0/s1. The van der Waals surface area contributed by atoms with Crippen LogP contribution in [0.15, 0.2) is 42.5 Å². The molecule has 0 aliphatic carbocycles. The Labute approximate surface area is 163 Å². The number of hydrogen-bond donors (Lipinski definition) is 0. The van der Waals surface area contributed by atoms with Gasteiger partial charge < -0.3 is 14.2 Å². The Morgan fingerprint density at radius 2 is 2.04 bits per heavy atom. The Balaban J connectivity index is 1.54. The van der Waals surface area contributed by atoms with Crippen molar-refractivity contribution in [1.82, 2.24) is 19.8 Å². The van der Waals surface area contributed by atoms with Gasteiger partial charge >= 0.3 is 0 Å². The van der Waals surface area contributed by atoms with Crippen molar-refractivity contribution in [1.29, 1.82) is 0 Å². The summed E-state index contributed by atoms with van der Waals surface area (Å²) < 4.78 is 18.9. The molecule has 7 nitrogen and oxygen atoms in total. The highest BCUT2D eigenvalue weighted by Gasteiger charge is 2.27. The lowest BCUT2D eigenvalue weighted by molar-refractivity contribution is 0.0904. The average Bonchev–Trinajstić information content (AvgIpc) is 3.28. The highest BCUT2D eigenvalue weighted by molar-refractivity contribution is 7.16. The summed E-state index contributed by atoms with van der Waals surface area (Å²) in [6.07, 6.45) is -0.305. The van der Waals surface area contributed by atoms with Gasteiger partial charge in [-0.3, -0.25) is 0 Å². The third-order valence-electron chi connectivity index (χ3n) is 4.19. The zero-order valence-corrected chi connectivity index (χ0v) is 15.7. The van der Waals surface area contributed by atoms with Crippen LogP contribution in [0.3, 0.4) is 0 Å².